The van der Waals surface area contributed by atoms with E-state index in [1.54, 1.807) is 11.8 Å². The fraction of sp³-hybridized carbons (Fsp3) is 0.412. The zero-order valence-corrected chi connectivity index (χ0v) is 13.9. The summed E-state index contributed by atoms with van der Waals surface area (Å²) in [5.74, 6) is 0. The van der Waals surface area contributed by atoms with Crippen LogP contribution in [0.2, 0.25) is 0 Å². The molecule has 4 heteroatoms. The first kappa shape index (κ1) is 16.0. The molecule has 0 amide bonds. The maximum absolute atomic E-state index is 4.56. The summed E-state index contributed by atoms with van der Waals surface area (Å²) in [7, 11) is 2.02. The van der Waals surface area contributed by atoms with E-state index in [2.05, 4.69) is 52.5 Å². The highest BCUT2D eigenvalue weighted by atomic mass is 32.2. The molecule has 0 radical (unpaired) electrons. The second-order valence-corrected chi connectivity index (χ2v) is 6.38. The van der Waals surface area contributed by atoms with Crippen molar-refractivity contribution in [1.29, 1.82) is 0 Å². The number of rotatable bonds is 6. The normalized spacial score (nSPS) is 13.9. The predicted molar refractivity (Wildman–Crippen MR) is 89.7 cm³/mol. The van der Waals surface area contributed by atoms with Gasteiger partial charge in [-0.05, 0) is 38.9 Å². The Bertz CT molecular complexity index is 551. The van der Waals surface area contributed by atoms with E-state index in [0.29, 0.717) is 11.3 Å². The standard InChI is InChI=1S/C17H23N3S/c1-5-15(16(18-4)14-9-7-6-8-10-14)21-17-19-12(2)11-13(3)20-17/h6-11,15-16,18H,5H2,1-4H3. The summed E-state index contributed by atoms with van der Waals surface area (Å²) in [6.07, 6.45) is 1.06. The van der Waals surface area contributed by atoms with Gasteiger partial charge in [0.1, 0.15) is 0 Å². The smallest absolute Gasteiger partial charge is 0.188 e. The quantitative estimate of drug-likeness (QED) is 0.648. The summed E-state index contributed by atoms with van der Waals surface area (Å²) in [5, 5.41) is 4.71. The molecule has 2 aromatic rings. The van der Waals surface area contributed by atoms with Crippen molar-refractivity contribution < 1.29 is 0 Å². The number of aromatic nitrogens is 2. The van der Waals surface area contributed by atoms with E-state index in [0.717, 1.165) is 23.0 Å². The van der Waals surface area contributed by atoms with Gasteiger partial charge in [-0.3, -0.25) is 0 Å². The molecule has 0 saturated heterocycles. The summed E-state index contributed by atoms with van der Waals surface area (Å²) in [6, 6.07) is 12.9. The van der Waals surface area contributed by atoms with Crippen molar-refractivity contribution in [3.63, 3.8) is 0 Å². The van der Waals surface area contributed by atoms with Crippen LogP contribution in [0.1, 0.15) is 36.3 Å². The molecule has 0 aliphatic carbocycles. The van der Waals surface area contributed by atoms with Crippen LogP contribution in [-0.2, 0) is 0 Å². The van der Waals surface area contributed by atoms with Crippen molar-refractivity contribution in [3.8, 4) is 0 Å². The van der Waals surface area contributed by atoms with Gasteiger partial charge in [0.05, 0.1) is 0 Å². The first-order chi connectivity index (χ1) is 10.1. The lowest BCUT2D eigenvalue weighted by molar-refractivity contribution is 0.554. The number of benzene rings is 1. The van der Waals surface area contributed by atoms with Gasteiger partial charge in [0.25, 0.3) is 0 Å². The lowest BCUT2D eigenvalue weighted by Crippen LogP contribution is -2.27. The van der Waals surface area contributed by atoms with Crippen LogP contribution < -0.4 is 5.32 Å². The number of hydrogen-bond donors (Lipinski definition) is 1. The van der Waals surface area contributed by atoms with Crippen molar-refractivity contribution in [3.05, 3.63) is 53.3 Å². The van der Waals surface area contributed by atoms with Crippen molar-refractivity contribution in [2.24, 2.45) is 0 Å². The third-order valence-electron chi connectivity index (χ3n) is 3.46. The van der Waals surface area contributed by atoms with Gasteiger partial charge in [-0.25, -0.2) is 9.97 Å². The van der Waals surface area contributed by atoms with Crippen molar-refractivity contribution in [1.82, 2.24) is 15.3 Å². The Balaban J connectivity index is 2.21. The summed E-state index contributed by atoms with van der Waals surface area (Å²) >= 11 is 1.76. The first-order valence-electron chi connectivity index (χ1n) is 7.35. The second-order valence-electron chi connectivity index (χ2n) is 5.17. The largest absolute Gasteiger partial charge is 0.312 e. The van der Waals surface area contributed by atoms with Gasteiger partial charge in [-0.2, -0.15) is 0 Å². The van der Waals surface area contributed by atoms with E-state index in [1.807, 2.05) is 27.0 Å². The van der Waals surface area contributed by atoms with Crippen LogP contribution in [-0.4, -0.2) is 22.3 Å². The van der Waals surface area contributed by atoms with Gasteiger partial charge in [0.15, 0.2) is 5.16 Å². The molecule has 0 fully saturated rings. The predicted octanol–water partition coefficient (Wildman–Crippen LogP) is 3.92. The van der Waals surface area contributed by atoms with E-state index in [1.165, 1.54) is 5.56 Å². The molecule has 21 heavy (non-hydrogen) atoms. The Morgan fingerprint density at radius 2 is 1.71 bits per heavy atom. The van der Waals surface area contributed by atoms with Crippen LogP contribution in [0.15, 0.2) is 41.6 Å². The van der Waals surface area contributed by atoms with Crippen LogP contribution in [0.5, 0.6) is 0 Å². The molecule has 2 unspecified atom stereocenters. The molecule has 0 aliphatic heterocycles. The molecule has 1 aromatic carbocycles. The molecule has 2 rings (SSSR count). The van der Waals surface area contributed by atoms with Crippen LogP contribution in [0.3, 0.4) is 0 Å². The molecule has 0 aliphatic rings. The highest BCUT2D eigenvalue weighted by Crippen LogP contribution is 2.32. The molecule has 0 bridgehead atoms. The SMILES string of the molecule is CCC(Sc1nc(C)cc(C)n1)C(NC)c1ccccc1. The maximum atomic E-state index is 4.56. The average Bonchev–Trinajstić information content (AvgIpc) is 2.47. The molecule has 2 atom stereocenters. The molecule has 112 valence electrons. The number of hydrogen-bond acceptors (Lipinski definition) is 4. The lowest BCUT2D eigenvalue weighted by Gasteiger charge is -2.25. The Kier molecular flexibility index (Phi) is 5.76. The third-order valence-corrected chi connectivity index (χ3v) is 4.76. The zero-order chi connectivity index (χ0) is 15.2. The molecule has 0 spiro atoms. The third kappa shape index (κ3) is 4.29. The second kappa shape index (κ2) is 7.57. The first-order valence-corrected chi connectivity index (χ1v) is 8.23. The van der Waals surface area contributed by atoms with E-state index in [4.69, 9.17) is 0 Å². The van der Waals surface area contributed by atoms with Gasteiger partial charge in [-0.1, -0.05) is 49.0 Å². The van der Waals surface area contributed by atoms with Crippen molar-refractivity contribution >= 4 is 11.8 Å². The summed E-state index contributed by atoms with van der Waals surface area (Å²) in [4.78, 5) is 9.11. The summed E-state index contributed by atoms with van der Waals surface area (Å²) < 4.78 is 0. The Morgan fingerprint density at radius 3 is 2.24 bits per heavy atom. The van der Waals surface area contributed by atoms with Crippen LogP contribution in [0.4, 0.5) is 0 Å². The van der Waals surface area contributed by atoms with Crippen LogP contribution >= 0.6 is 11.8 Å². The Labute approximate surface area is 131 Å². The van der Waals surface area contributed by atoms with Crippen LogP contribution in [0.25, 0.3) is 0 Å². The van der Waals surface area contributed by atoms with E-state index >= 15 is 0 Å². The van der Waals surface area contributed by atoms with Gasteiger partial charge in [0.2, 0.25) is 0 Å². The number of nitrogens with one attached hydrogen (secondary N) is 1. The monoisotopic (exact) mass is 301 g/mol. The van der Waals surface area contributed by atoms with E-state index in [-0.39, 0.29) is 0 Å². The molecule has 0 saturated carbocycles. The molecule has 1 heterocycles. The van der Waals surface area contributed by atoms with Gasteiger partial charge >= 0.3 is 0 Å². The number of aryl methyl sites for hydroxylation is 2. The number of nitrogens with zero attached hydrogens (tertiary/aromatic N) is 2. The van der Waals surface area contributed by atoms with Gasteiger partial charge < -0.3 is 5.32 Å². The minimum absolute atomic E-state index is 0.297. The highest BCUT2D eigenvalue weighted by molar-refractivity contribution is 7.99. The van der Waals surface area contributed by atoms with E-state index < -0.39 is 0 Å². The van der Waals surface area contributed by atoms with Crippen LogP contribution in [0, 0.1) is 13.8 Å². The number of thioether (sulfide) groups is 1. The van der Waals surface area contributed by atoms with Gasteiger partial charge in [-0.15, -0.1) is 0 Å². The molecule has 1 aromatic heterocycles. The Hall–Kier alpha value is -1.39. The minimum Gasteiger partial charge on any atom is -0.312 e. The maximum Gasteiger partial charge on any atom is 0.188 e. The summed E-state index contributed by atoms with van der Waals surface area (Å²) in [6.45, 7) is 6.26. The average molecular weight is 301 g/mol. The van der Waals surface area contributed by atoms with E-state index in [9.17, 15) is 0 Å². The topological polar surface area (TPSA) is 37.8 Å². The molecular weight excluding hydrogens is 278 g/mol. The molecule has 3 nitrogen and oxygen atoms in total. The molecular formula is C17H23N3S. The summed E-state index contributed by atoms with van der Waals surface area (Å²) in [5.41, 5.74) is 3.37. The highest BCUT2D eigenvalue weighted by Gasteiger charge is 2.22. The fourth-order valence-corrected chi connectivity index (χ4v) is 3.76. The lowest BCUT2D eigenvalue weighted by atomic mass is 10.0. The zero-order valence-electron chi connectivity index (χ0n) is 13.1. The Morgan fingerprint density at radius 1 is 1.10 bits per heavy atom. The molecule has 1 N–H and O–H groups in total. The van der Waals surface area contributed by atoms with Crippen molar-refractivity contribution in [2.75, 3.05) is 7.05 Å². The van der Waals surface area contributed by atoms with Gasteiger partial charge in [0, 0.05) is 22.7 Å². The minimum atomic E-state index is 0.297. The van der Waals surface area contributed by atoms with Crippen molar-refractivity contribution in [2.45, 2.75) is 43.6 Å². The fourth-order valence-electron chi connectivity index (χ4n) is 2.50.